The van der Waals surface area contributed by atoms with Gasteiger partial charge < -0.3 is 15.1 Å². The van der Waals surface area contributed by atoms with Crippen molar-refractivity contribution in [2.24, 2.45) is 0 Å². The summed E-state index contributed by atoms with van der Waals surface area (Å²) in [6.07, 6.45) is 0. The summed E-state index contributed by atoms with van der Waals surface area (Å²) in [5.41, 5.74) is 4.69. The summed E-state index contributed by atoms with van der Waals surface area (Å²) < 4.78 is 0. The van der Waals surface area contributed by atoms with Crippen molar-refractivity contribution in [1.82, 2.24) is 4.90 Å². The number of hydrogen-bond acceptors (Lipinski definition) is 3. The van der Waals surface area contributed by atoms with Crippen molar-refractivity contribution >= 4 is 28.9 Å². The number of hydrogen-bond donors (Lipinski definition) is 1. The lowest BCUT2D eigenvalue weighted by Crippen LogP contribution is -2.46. The van der Waals surface area contributed by atoms with E-state index in [9.17, 15) is 4.79 Å². The third kappa shape index (κ3) is 4.19. The van der Waals surface area contributed by atoms with Crippen LogP contribution in [0.15, 0.2) is 36.4 Å². The molecule has 1 heterocycles. The van der Waals surface area contributed by atoms with Crippen LogP contribution in [0.3, 0.4) is 0 Å². The predicted molar refractivity (Wildman–Crippen MR) is 110 cm³/mol. The molecule has 0 bridgehead atoms. The van der Waals surface area contributed by atoms with E-state index in [1.54, 1.807) is 0 Å². The van der Waals surface area contributed by atoms with E-state index >= 15 is 0 Å². The molecule has 0 atom stereocenters. The third-order valence-electron chi connectivity index (χ3n) is 5.13. The van der Waals surface area contributed by atoms with Crippen LogP contribution in [0.25, 0.3) is 0 Å². The largest absolute Gasteiger partial charge is 0.368 e. The van der Waals surface area contributed by atoms with Crippen molar-refractivity contribution in [2.75, 3.05) is 42.9 Å². The number of carbonyl (C=O) groups is 1. The van der Waals surface area contributed by atoms with E-state index in [-0.39, 0.29) is 5.91 Å². The van der Waals surface area contributed by atoms with Crippen LogP contribution in [0.5, 0.6) is 0 Å². The Hall–Kier alpha value is -2.04. The highest BCUT2D eigenvalue weighted by Gasteiger charge is 2.18. The van der Waals surface area contributed by atoms with Gasteiger partial charge in [0.25, 0.3) is 5.91 Å². The Labute approximate surface area is 160 Å². The second-order valence-electron chi connectivity index (χ2n) is 6.84. The van der Waals surface area contributed by atoms with Gasteiger partial charge in [0, 0.05) is 37.4 Å². The molecule has 26 heavy (non-hydrogen) atoms. The molecule has 3 rings (SSSR count). The Morgan fingerprint density at radius 1 is 1.04 bits per heavy atom. The van der Waals surface area contributed by atoms with Crippen LogP contribution in [-0.2, 0) is 0 Å². The van der Waals surface area contributed by atoms with Crippen molar-refractivity contribution in [3.8, 4) is 0 Å². The first-order chi connectivity index (χ1) is 12.5. The Morgan fingerprint density at radius 2 is 1.77 bits per heavy atom. The normalized spacial score (nSPS) is 15.2. The number of carbonyl (C=O) groups excluding carboxylic acids is 1. The van der Waals surface area contributed by atoms with E-state index in [1.165, 1.54) is 5.56 Å². The van der Waals surface area contributed by atoms with Crippen molar-refractivity contribution in [3.05, 3.63) is 58.1 Å². The fraction of sp³-hybridized carbons (Fsp3) is 0.381. The molecule has 5 heteroatoms. The maximum absolute atomic E-state index is 12.5. The Kier molecular flexibility index (Phi) is 5.84. The molecule has 1 N–H and O–H groups in total. The van der Waals surface area contributed by atoms with Crippen LogP contribution in [0.1, 0.15) is 28.4 Å². The van der Waals surface area contributed by atoms with E-state index < -0.39 is 0 Å². The highest BCUT2D eigenvalue weighted by Crippen LogP contribution is 2.30. The van der Waals surface area contributed by atoms with Gasteiger partial charge in [0.1, 0.15) is 0 Å². The van der Waals surface area contributed by atoms with Crippen molar-refractivity contribution in [1.29, 1.82) is 0 Å². The van der Waals surface area contributed by atoms with Gasteiger partial charge in [0.15, 0.2) is 0 Å². The number of aryl methyl sites for hydroxylation is 2. The number of benzene rings is 2. The standard InChI is InChI=1S/C21H26ClN3O/c1-4-24-9-11-25(12-10-24)20-8-7-18(14-19(20)22)23-21(26)17-6-5-15(2)16(3)13-17/h5-8,13-14H,4,9-12H2,1-3H3,(H,23,26). The van der Waals surface area contributed by atoms with Gasteiger partial charge >= 0.3 is 0 Å². The van der Waals surface area contributed by atoms with E-state index in [4.69, 9.17) is 11.6 Å². The molecular formula is C21H26ClN3O. The van der Waals surface area contributed by atoms with E-state index in [1.807, 2.05) is 50.2 Å². The van der Waals surface area contributed by atoms with Crippen molar-refractivity contribution in [2.45, 2.75) is 20.8 Å². The number of rotatable bonds is 4. The molecule has 2 aromatic carbocycles. The Morgan fingerprint density at radius 3 is 2.38 bits per heavy atom. The lowest BCUT2D eigenvalue weighted by molar-refractivity contribution is 0.102. The molecule has 2 aromatic rings. The van der Waals surface area contributed by atoms with Gasteiger partial charge in [-0.15, -0.1) is 0 Å². The minimum Gasteiger partial charge on any atom is -0.368 e. The molecule has 1 aliphatic heterocycles. The SMILES string of the molecule is CCN1CCN(c2ccc(NC(=O)c3ccc(C)c(C)c3)cc2Cl)CC1. The quantitative estimate of drug-likeness (QED) is 0.867. The van der Waals surface area contributed by atoms with Gasteiger partial charge in [-0.05, 0) is 61.9 Å². The van der Waals surface area contributed by atoms with Gasteiger partial charge in [-0.3, -0.25) is 4.79 Å². The number of nitrogens with zero attached hydrogens (tertiary/aromatic N) is 2. The van der Waals surface area contributed by atoms with Crippen LogP contribution < -0.4 is 10.2 Å². The summed E-state index contributed by atoms with van der Waals surface area (Å²) in [5, 5.41) is 3.62. The zero-order valence-electron chi connectivity index (χ0n) is 15.7. The van der Waals surface area contributed by atoms with E-state index in [2.05, 4.69) is 22.0 Å². The molecule has 1 saturated heterocycles. The van der Waals surface area contributed by atoms with Crippen molar-refractivity contribution < 1.29 is 4.79 Å². The molecule has 1 aliphatic rings. The molecule has 0 radical (unpaired) electrons. The molecule has 138 valence electrons. The highest BCUT2D eigenvalue weighted by molar-refractivity contribution is 6.33. The number of amides is 1. The first-order valence-corrected chi connectivity index (χ1v) is 9.51. The van der Waals surface area contributed by atoms with Crippen LogP contribution in [0.2, 0.25) is 5.02 Å². The molecule has 0 unspecified atom stereocenters. The predicted octanol–water partition coefficient (Wildman–Crippen LogP) is 4.35. The Bertz CT molecular complexity index is 798. The fourth-order valence-corrected chi connectivity index (χ4v) is 3.53. The fourth-order valence-electron chi connectivity index (χ4n) is 3.23. The third-order valence-corrected chi connectivity index (χ3v) is 5.44. The Balaban J connectivity index is 1.69. The molecular weight excluding hydrogens is 346 g/mol. The minimum absolute atomic E-state index is 0.117. The van der Waals surface area contributed by atoms with Crippen molar-refractivity contribution in [3.63, 3.8) is 0 Å². The smallest absolute Gasteiger partial charge is 0.255 e. The first kappa shape index (κ1) is 18.7. The molecule has 0 saturated carbocycles. The summed E-state index contributed by atoms with van der Waals surface area (Å²) in [4.78, 5) is 17.2. The number of anilines is 2. The van der Waals surface area contributed by atoms with Crippen LogP contribution in [0, 0.1) is 13.8 Å². The number of likely N-dealkylation sites (N-methyl/N-ethyl adjacent to an activating group) is 1. The van der Waals surface area contributed by atoms with Gasteiger partial charge in [-0.2, -0.15) is 0 Å². The lowest BCUT2D eigenvalue weighted by atomic mass is 10.1. The molecule has 0 spiro atoms. The van der Waals surface area contributed by atoms with Gasteiger partial charge in [0.2, 0.25) is 0 Å². The summed E-state index contributed by atoms with van der Waals surface area (Å²) in [7, 11) is 0. The topological polar surface area (TPSA) is 35.6 Å². The number of piperazine rings is 1. The highest BCUT2D eigenvalue weighted by atomic mass is 35.5. The molecule has 1 amide bonds. The van der Waals surface area contributed by atoms with Crippen LogP contribution in [-0.4, -0.2) is 43.5 Å². The summed E-state index contributed by atoms with van der Waals surface area (Å²) >= 11 is 6.50. The van der Waals surface area contributed by atoms with E-state index in [0.717, 1.165) is 44.0 Å². The lowest BCUT2D eigenvalue weighted by Gasteiger charge is -2.36. The molecule has 4 nitrogen and oxygen atoms in total. The average Bonchev–Trinajstić information content (AvgIpc) is 2.64. The summed E-state index contributed by atoms with van der Waals surface area (Å²) in [6.45, 7) is 11.4. The maximum atomic E-state index is 12.5. The monoisotopic (exact) mass is 371 g/mol. The van der Waals surface area contributed by atoms with Crippen LogP contribution >= 0.6 is 11.6 Å². The second kappa shape index (κ2) is 8.11. The zero-order chi connectivity index (χ0) is 18.7. The molecule has 0 aromatic heterocycles. The first-order valence-electron chi connectivity index (χ1n) is 9.13. The molecule has 1 fully saturated rings. The average molecular weight is 372 g/mol. The minimum atomic E-state index is -0.117. The van der Waals surface area contributed by atoms with Crippen LogP contribution in [0.4, 0.5) is 11.4 Å². The molecule has 0 aliphatic carbocycles. The van der Waals surface area contributed by atoms with E-state index in [0.29, 0.717) is 16.3 Å². The summed E-state index contributed by atoms with van der Waals surface area (Å²) in [6, 6.07) is 11.5. The summed E-state index contributed by atoms with van der Waals surface area (Å²) in [5.74, 6) is -0.117. The zero-order valence-corrected chi connectivity index (χ0v) is 16.4. The van der Waals surface area contributed by atoms with Gasteiger partial charge in [-0.25, -0.2) is 0 Å². The van der Waals surface area contributed by atoms with Gasteiger partial charge in [-0.1, -0.05) is 24.6 Å². The second-order valence-corrected chi connectivity index (χ2v) is 7.25. The number of halogens is 1. The van der Waals surface area contributed by atoms with Gasteiger partial charge in [0.05, 0.1) is 10.7 Å². The number of nitrogens with one attached hydrogen (secondary N) is 1. The maximum Gasteiger partial charge on any atom is 0.255 e.